The summed E-state index contributed by atoms with van der Waals surface area (Å²) in [6, 6.07) is 0. The van der Waals surface area contributed by atoms with Crippen molar-refractivity contribution in [2.45, 2.75) is 13.8 Å². The predicted octanol–water partition coefficient (Wildman–Crippen LogP) is 3.91. The molecule has 0 spiro atoms. The van der Waals surface area contributed by atoms with Crippen LogP contribution >= 0.6 is 34.3 Å². The fourth-order valence-corrected chi connectivity index (χ4v) is 3.90. The van der Waals surface area contributed by atoms with E-state index in [1.165, 1.54) is 16.2 Å². The Balaban J connectivity index is 2.14. The minimum absolute atomic E-state index is 0.554. The lowest BCUT2D eigenvalue weighted by atomic mass is 10.4. The van der Waals surface area contributed by atoms with E-state index >= 15 is 0 Å². The van der Waals surface area contributed by atoms with Crippen LogP contribution in [0.2, 0.25) is 4.34 Å². The number of thiazole rings is 1. The molecule has 1 aliphatic rings. The van der Waals surface area contributed by atoms with Crippen molar-refractivity contribution in [3.63, 3.8) is 0 Å². The third-order valence-electron chi connectivity index (χ3n) is 2.58. The van der Waals surface area contributed by atoms with Crippen LogP contribution in [0.4, 0.5) is 0 Å². The molecular formula is C11H10ClNO2S2. The number of halogens is 1. The van der Waals surface area contributed by atoms with Gasteiger partial charge in [-0.15, -0.1) is 22.7 Å². The van der Waals surface area contributed by atoms with Crippen molar-refractivity contribution in [1.29, 1.82) is 0 Å². The number of rotatable bonds is 1. The molecule has 0 amide bonds. The Hall–Kier alpha value is -0.780. The van der Waals surface area contributed by atoms with E-state index in [1.54, 1.807) is 11.3 Å². The number of aromatic nitrogens is 1. The largest absolute Gasteiger partial charge is 0.484 e. The van der Waals surface area contributed by atoms with E-state index in [0.29, 0.717) is 23.3 Å². The zero-order valence-corrected chi connectivity index (χ0v) is 11.8. The Kier molecular flexibility index (Phi) is 2.77. The second-order valence-electron chi connectivity index (χ2n) is 3.72. The van der Waals surface area contributed by atoms with Crippen LogP contribution in [0.5, 0.6) is 11.5 Å². The minimum Gasteiger partial charge on any atom is -0.484 e. The van der Waals surface area contributed by atoms with E-state index in [1.807, 2.05) is 6.92 Å². The average molecular weight is 288 g/mol. The van der Waals surface area contributed by atoms with Gasteiger partial charge in [0.05, 0.1) is 5.69 Å². The Morgan fingerprint density at radius 1 is 1.12 bits per heavy atom. The van der Waals surface area contributed by atoms with Gasteiger partial charge >= 0.3 is 0 Å². The van der Waals surface area contributed by atoms with E-state index in [-0.39, 0.29) is 0 Å². The summed E-state index contributed by atoms with van der Waals surface area (Å²) in [5, 5.41) is 0.957. The van der Waals surface area contributed by atoms with Crippen molar-refractivity contribution >= 4 is 34.3 Å². The number of hydrogen-bond acceptors (Lipinski definition) is 5. The molecule has 0 unspecified atom stereocenters. The zero-order valence-electron chi connectivity index (χ0n) is 9.37. The highest BCUT2D eigenvalue weighted by Gasteiger charge is 2.26. The summed E-state index contributed by atoms with van der Waals surface area (Å²) >= 11 is 9.28. The van der Waals surface area contributed by atoms with Gasteiger partial charge in [0.25, 0.3) is 0 Å². The summed E-state index contributed by atoms with van der Waals surface area (Å²) in [5.74, 6) is 1.42. The molecular weight excluding hydrogens is 278 g/mol. The Bertz CT molecular complexity index is 557. The Morgan fingerprint density at radius 3 is 2.47 bits per heavy atom. The standard InChI is InChI=1S/C11H10ClNO2S2/c1-5-6(2)16-11(13-5)9-7-8(10(12)17-9)15-4-3-14-7/h3-4H2,1-2H3. The van der Waals surface area contributed by atoms with Gasteiger partial charge < -0.3 is 9.47 Å². The van der Waals surface area contributed by atoms with E-state index in [9.17, 15) is 0 Å². The molecule has 0 saturated heterocycles. The number of ether oxygens (including phenoxy) is 2. The highest BCUT2D eigenvalue weighted by atomic mass is 35.5. The van der Waals surface area contributed by atoms with Gasteiger partial charge in [-0.1, -0.05) is 11.6 Å². The summed E-state index contributed by atoms with van der Waals surface area (Å²) in [5.41, 5.74) is 1.06. The van der Waals surface area contributed by atoms with Crippen molar-refractivity contribution in [3.05, 3.63) is 14.9 Å². The van der Waals surface area contributed by atoms with Crippen LogP contribution < -0.4 is 9.47 Å². The van der Waals surface area contributed by atoms with Crippen LogP contribution in [-0.2, 0) is 0 Å². The second-order valence-corrected chi connectivity index (χ2v) is 6.55. The number of fused-ring (bicyclic) bond motifs is 1. The lowest BCUT2D eigenvalue weighted by Gasteiger charge is -2.15. The topological polar surface area (TPSA) is 31.4 Å². The first kappa shape index (κ1) is 11.3. The first-order valence-electron chi connectivity index (χ1n) is 5.19. The maximum Gasteiger partial charge on any atom is 0.191 e. The molecule has 0 aromatic carbocycles. The number of thiophene rings is 1. The van der Waals surface area contributed by atoms with Gasteiger partial charge in [-0.3, -0.25) is 0 Å². The highest BCUT2D eigenvalue weighted by Crippen LogP contribution is 2.52. The van der Waals surface area contributed by atoms with Gasteiger partial charge in [0.1, 0.15) is 27.4 Å². The molecule has 1 aliphatic heterocycles. The van der Waals surface area contributed by atoms with Crippen LogP contribution in [0.15, 0.2) is 0 Å². The summed E-state index contributed by atoms with van der Waals surface area (Å²) in [7, 11) is 0. The molecule has 0 fully saturated rings. The molecule has 3 rings (SSSR count). The first-order chi connectivity index (χ1) is 8.16. The minimum atomic E-state index is 0.554. The van der Waals surface area contributed by atoms with Crippen molar-refractivity contribution in [2.24, 2.45) is 0 Å². The van der Waals surface area contributed by atoms with Gasteiger partial charge in [-0.2, -0.15) is 0 Å². The van der Waals surface area contributed by atoms with E-state index < -0.39 is 0 Å². The molecule has 17 heavy (non-hydrogen) atoms. The van der Waals surface area contributed by atoms with Crippen LogP contribution in [0.25, 0.3) is 9.88 Å². The second kappa shape index (κ2) is 4.15. The Labute approximate surface area is 112 Å². The summed E-state index contributed by atoms with van der Waals surface area (Å²) < 4.78 is 11.8. The van der Waals surface area contributed by atoms with Gasteiger partial charge in [0, 0.05) is 4.88 Å². The maximum atomic E-state index is 6.15. The Morgan fingerprint density at radius 2 is 1.82 bits per heavy atom. The zero-order chi connectivity index (χ0) is 12.0. The lowest BCUT2D eigenvalue weighted by molar-refractivity contribution is 0.174. The normalized spacial score (nSPS) is 14.1. The van der Waals surface area contributed by atoms with Crippen LogP contribution in [0.3, 0.4) is 0 Å². The molecule has 2 aromatic heterocycles. The van der Waals surface area contributed by atoms with Gasteiger partial charge in [0.2, 0.25) is 0 Å². The molecule has 0 radical (unpaired) electrons. The monoisotopic (exact) mass is 287 g/mol. The van der Waals surface area contributed by atoms with Crippen molar-refractivity contribution in [2.75, 3.05) is 13.2 Å². The fourth-order valence-electron chi connectivity index (χ4n) is 1.63. The van der Waals surface area contributed by atoms with Gasteiger partial charge in [-0.25, -0.2) is 4.98 Å². The van der Waals surface area contributed by atoms with E-state index in [4.69, 9.17) is 21.1 Å². The molecule has 3 nitrogen and oxygen atoms in total. The van der Waals surface area contributed by atoms with E-state index in [2.05, 4.69) is 11.9 Å². The van der Waals surface area contributed by atoms with Crippen LogP contribution in [0, 0.1) is 13.8 Å². The number of nitrogens with zero attached hydrogens (tertiary/aromatic N) is 1. The fraction of sp³-hybridized carbons (Fsp3) is 0.364. The van der Waals surface area contributed by atoms with Crippen LogP contribution in [-0.4, -0.2) is 18.2 Å². The third kappa shape index (κ3) is 1.82. The van der Waals surface area contributed by atoms with Crippen molar-refractivity contribution < 1.29 is 9.47 Å². The van der Waals surface area contributed by atoms with Crippen LogP contribution in [0.1, 0.15) is 10.6 Å². The quantitative estimate of drug-likeness (QED) is 0.797. The molecule has 6 heteroatoms. The molecule has 0 N–H and O–H groups in total. The summed E-state index contributed by atoms with van der Waals surface area (Å²) in [6.45, 7) is 5.19. The third-order valence-corrected chi connectivity index (χ3v) is 5.15. The van der Waals surface area contributed by atoms with Crippen molar-refractivity contribution in [1.82, 2.24) is 4.98 Å². The highest BCUT2D eigenvalue weighted by molar-refractivity contribution is 7.24. The molecule has 0 bridgehead atoms. The number of aryl methyl sites for hydroxylation is 2. The average Bonchev–Trinajstić information content (AvgIpc) is 2.82. The molecule has 90 valence electrons. The summed E-state index contributed by atoms with van der Waals surface area (Å²) in [6.07, 6.45) is 0. The summed E-state index contributed by atoms with van der Waals surface area (Å²) in [4.78, 5) is 6.73. The number of hydrogen-bond donors (Lipinski definition) is 0. The molecule has 0 atom stereocenters. The molecule has 2 aromatic rings. The van der Waals surface area contributed by atoms with Gasteiger partial charge in [-0.05, 0) is 13.8 Å². The van der Waals surface area contributed by atoms with E-state index in [0.717, 1.165) is 21.3 Å². The van der Waals surface area contributed by atoms with Crippen molar-refractivity contribution in [3.8, 4) is 21.4 Å². The SMILES string of the molecule is Cc1nc(-c2sc(Cl)c3c2OCCO3)sc1C. The first-order valence-corrected chi connectivity index (χ1v) is 7.20. The lowest BCUT2D eigenvalue weighted by Crippen LogP contribution is -2.14. The smallest absolute Gasteiger partial charge is 0.191 e. The molecule has 0 aliphatic carbocycles. The maximum absolute atomic E-state index is 6.15. The van der Waals surface area contributed by atoms with Gasteiger partial charge in [0.15, 0.2) is 11.5 Å². The molecule has 3 heterocycles. The molecule has 0 saturated carbocycles. The predicted molar refractivity (Wildman–Crippen MR) is 70.9 cm³/mol.